The molecule has 6 rings (SSSR count). The number of urea groups is 1. The van der Waals surface area contributed by atoms with Crippen LogP contribution < -0.4 is 10.5 Å². The number of rotatable bonds is 5. The minimum atomic E-state index is -2.08. The van der Waals surface area contributed by atoms with Gasteiger partial charge in [-0.2, -0.15) is 4.90 Å². The van der Waals surface area contributed by atoms with Gasteiger partial charge in [0.1, 0.15) is 18.1 Å². The lowest BCUT2D eigenvalue weighted by Gasteiger charge is -2.50. The number of ether oxygens (including phenoxy) is 1. The second-order valence-corrected chi connectivity index (χ2v) is 12.6. The van der Waals surface area contributed by atoms with Gasteiger partial charge in [-0.05, 0) is 30.4 Å². The van der Waals surface area contributed by atoms with Crippen LogP contribution >= 0.6 is 39.1 Å². The Kier molecular flexibility index (Phi) is 6.90. The van der Waals surface area contributed by atoms with E-state index in [9.17, 15) is 29.1 Å². The summed E-state index contributed by atoms with van der Waals surface area (Å²) in [7, 11) is 0. The number of fused-ring (bicyclic) bond motifs is 4. The van der Waals surface area contributed by atoms with Crippen molar-refractivity contribution in [1.29, 1.82) is 0 Å². The third-order valence-corrected chi connectivity index (χ3v) is 10.7. The fraction of sp³-hybridized carbons (Fsp3) is 0.345. The number of phenols is 1. The van der Waals surface area contributed by atoms with E-state index in [0.717, 1.165) is 10.5 Å². The SMILES string of the molecule is NC(=O)N1C(=O)[C@H]2[C@H](CC=C3[C@H]2C[C@@]2(Cl)C(=O)N(CBr)C(=O)[C@@]2(Cl)[C@H]3c2ccc(OCc3ccccc3)cc2O)C1=O. The first kappa shape index (κ1) is 28.7. The first-order valence-corrected chi connectivity index (χ1v) is 15.0. The molecule has 0 spiro atoms. The molecule has 2 heterocycles. The summed E-state index contributed by atoms with van der Waals surface area (Å²) in [5, 5.41) is 11.3. The minimum Gasteiger partial charge on any atom is -0.508 e. The first-order chi connectivity index (χ1) is 20.0. The van der Waals surface area contributed by atoms with Crippen molar-refractivity contribution in [1.82, 2.24) is 9.80 Å². The van der Waals surface area contributed by atoms with E-state index >= 15 is 0 Å². The zero-order valence-corrected chi connectivity index (χ0v) is 24.9. The summed E-state index contributed by atoms with van der Waals surface area (Å²) in [6.45, 7) is 0.239. The topological polar surface area (TPSA) is 147 Å². The number of allylic oxidation sites excluding steroid dienone is 2. The maximum absolute atomic E-state index is 13.8. The van der Waals surface area contributed by atoms with Crippen molar-refractivity contribution < 1.29 is 33.8 Å². The van der Waals surface area contributed by atoms with E-state index in [1.165, 1.54) is 6.07 Å². The molecule has 2 aromatic carbocycles. The average Bonchev–Trinajstić information content (AvgIpc) is 3.30. The Morgan fingerprint density at radius 1 is 1.05 bits per heavy atom. The summed E-state index contributed by atoms with van der Waals surface area (Å²) >= 11 is 17.4. The van der Waals surface area contributed by atoms with Gasteiger partial charge in [-0.3, -0.25) is 24.1 Å². The number of likely N-dealkylation sites (tertiary alicyclic amines) is 2. The number of carbonyl (C=O) groups excluding carboxylic acids is 5. The van der Waals surface area contributed by atoms with Crippen molar-refractivity contribution in [2.45, 2.75) is 35.1 Å². The quantitative estimate of drug-likeness (QED) is 0.212. The number of alkyl halides is 3. The highest BCUT2D eigenvalue weighted by Crippen LogP contribution is 2.66. The van der Waals surface area contributed by atoms with Gasteiger partial charge in [-0.15, -0.1) is 23.2 Å². The second kappa shape index (κ2) is 10.1. The minimum absolute atomic E-state index is 0.0624. The van der Waals surface area contributed by atoms with Gasteiger partial charge < -0.3 is 15.6 Å². The number of halogens is 3. The summed E-state index contributed by atoms with van der Waals surface area (Å²) in [5.41, 5.74) is 6.75. The molecule has 6 atom stereocenters. The zero-order chi connectivity index (χ0) is 30.1. The first-order valence-electron chi connectivity index (χ1n) is 13.1. The number of imide groups is 4. The lowest BCUT2D eigenvalue weighted by Crippen LogP contribution is -2.60. The van der Waals surface area contributed by atoms with Crippen LogP contribution in [0.3, 0.4) is 0 Å². The fourth-order valence-corrected chi connectivity index (χ4v) is 8.33. The molecule has 0 aromatic heterocycles. The molecule has 10 nitrogen and oxygen atoms in total. The van der Waals surface area contributed by atoms with Crippen molar-refractivity contribution >= 4 is 68.8 Å². The Labute approximate surface area is 258 Å². The van der Waals surface area contributed by atoms with Crippen LogP contribution in [0, 0.1) is 17.8 Å². The highest BCUT2D eigenvalue weighted by molar-refractivity contribution is 9.09. The summed E-state index contributed by atoms with van der Waals surface area (Å²) in [4.78, 5) is 63.1. The van der Waals surface area contributed by atoms with Crippen LogP contribution in [0.4, 0.5) is 4.79 Å². The van der Waals surface area contributed by atoms with E-state index in [1.54, 1.807) is 18.2 Å². The van der Waals surface area contributed by atoms with Gasteiger partial charge in [-0.1, -0.05) is 64.0 Å². The number of nitrogens with zero attached hydrogens (tertiary/aromatic N) is 2. The Bertz CT molecular complexity index is 1590. The van der Waals surface area contributed by atoms with Gasteiger partial charge in [0, 0.05) is 17.5 Å². The molecule has 0 unspecified atom stereocenters. The van der Waals surface area contributed by atoms with E-state index in [-0.39, 0.29) is 36.2 Å². The lowest BCUT2D eigenvalue weighted by atomic mass is 9.56. The van der Waals surface area contributed by atoms with Gasteiger partial charge >= 0.3 is 6.03 Å². The molecule has 13 heteroatoms. The molecular formula is C29H24BrCl2N3O7. The molecule has 2 aliphatic carbocycles. The second-order valence-electron chi connectivity index (χ2n) is 10.8. The summed E-state index contributed by atoms with van der Waals surface area (Å²) in [6, 6.07) is 12.8. The highest BCUT2D eigenvalue weighted by Gasteiger charge is 2.76. The number of hydrogen-bond acceptors (Lipinski definition) is 7. The Balaban J connectivity index is 1.46. The van der Waals surface area contributed by atoms with Crippen molar-refractivity contribution in [3.63, 3.8) is 0 Å². The zero-order valence-electron chi connectivity index (χ0n) is 21.8. The number of aromatic hydroxyl groups is 1. The van der Waals surface area contributed by atoms with Crippen molar-refractivity contribution in [2.24, 2.45) is 23.5 Å². The molecule has 0 bridgehead atoms. The van der Waals surface area contributed by atoms with Gasteiger partial charge in [0.2, 0.25) is 11.8 Å². The molecule has 0 radical (unpaired) electrons. The maximum Gasteiger partial charge on any atom is 0.328 e. The highest BCUT2D eigenvalue weighted by atomic mass is 79.9. The number of carbonyl (C=O) groups is 5. The molecule has 3 N–H and O–H groups in total. The van der Waals surface area contributed by atoms with Crippen LogP contribution in [-0.4, -0.2) is 59.8 Å². The predicted molar refractivity (Wildman–Crippen MR) is 154 cm³/mol. The smallest absolute Gasteiger partial charge is 0.328 e. The van der Waals surface area contributed by atoms with Crippen LogP contribution in [0.5, 0.6) is 11.5 Å². The Hall–Kier alpha value is -3.41. The standard InChI is InChI=1S/C29H24BrCl2N3O7/c30-13-34-25(39)28(31)11-19-16(8-9-18-21(19)24(38)35(23(18)37)27(33)41)22(29(28,32)26(34)40)17-7-6-15(10-20(17)36)42-12-14-4-2-1-3-5-14/h1-8,10,18-19,21-22,36H,9,11-13H2,(H2,33,41)/t18-,19+,21-,22+,28+,29-/m0/s1. The summed E-state index contributed by atoms with van der Waals surface area (Å²) in [6.07, 6.45) is 1.51. The Morgan fingerprint density at radius 2 is 1.76 bits per heavy atom. The van der Waals surface area contributed by atoms with E-state index in [4.69, 9.17) is 33.7 Å². The summed E-state index contributed by atoms with van der Waals surface area (Å²) < 4.78 is 5.84. The van der Waals surface area contributed by atoms with Gasteiger partial charge in [0.25, 0.3) is 11.8 Å². The van der Waals surface area contributed by atoms with E-state index < -0.39 is 63.1 Å². The number of phenolic OH excluding ortho intramolecular Hbond substituents is 1. The number of amides is 6. The molecule has 2 aliphatic heterocycles. The van der Waals surface area contributed by atoms with Crippen LogP contribution in [0.1, 0.15) is 29.9 Å². The molecule has 42 heavy (non-hydrogen) atoms. The van der Waals surface area contributed by atoms with Crippen LogP contribution in [0.25, 0.3) is 0 Å². The van der Waals surface area contributed by atoms with Crippen molar-refractivity contribution in [3.05, 3.63) is 71.3 Å². The Morgan fingerprint density at radius 3 is 2.40 bits per heavy atom. The molecule has 218 valence electrons. The molecule has 1 saturated carbocycles. The van der Waals surface area contributed by atoms with E-state index in [0.29, 0.717) is 16.2 Å². The predicted octanol–water partition coefficient (Wildman–Crippen LogP) is 3.76. The van der Waals surface area contributed by atoms with Crippen molar-refractivity contribution in [3.8, 4) is 11.5 Å². The molecule has 4 aliphatic rings. The largest absolute Gasteiger partial charge is 0.508 e. The van der Waals surface area contributed by atoms with Gasteiger partial charge in [0.15, 0.2) is 9.75 Å². The van der Waals surface area contributed by atoms with E-state index in [2.05, 4.69) is 15.9 Å². The monoisotopic (exact) mass is 675 g/mol. The molecule has 2 saturated heterocycles. The van der Waals surface area contributed by atoms with Crippen LogP contribution in [-0.2, 0) is 25.8 Å². The molecule has 2 aromatic rings. The van der Waals surface area contributed by atoms with Gasteiger partial charge in [-0.25, -0.2) is 4.79 Å². The fourth-order valence-electron chi connectivity index (χ4n) is 6.91. The van der Waals surface area contributed by atoms with E-state index in [1.807, 2.05) is 30.3 Å². The normalized spacial score (nSPS) is 31.9. The van der Waals surface area contributed by atoms with Crippen molar-refractivity contribution in [2.75, 3.05) is 5.45 Å². The maximum atomic E-state index is 13.8. The molecule has 6 amide bonds. The third-order valence-electron chi connectivity index (χ3n) is 8.80. The molecule has 3 fully saturated rings. The molecular weight excluding hydrogens is 653 g/mol. The lowest BCUT2D eigenvalue weighted by molar-refractivity contribution is -0.139. The number of benzene rings is 2. The number of hydrogen-bond donors (Lipinski definition) is 2. The van der Waals surface area contributed by atoms with Crippen LogP contribution in [0.2, 0.25) is 0 Å². The van der Waals surface area contributed by atoms with Crippen LogP contribution in [0.15, 0.2) is 60.2 Å². The number of nitrogens with two attached hydrogens (primary N) is 1. The third kappa shape index (κ3) is 3.86. The van der Waals surface area contributed by atoms with Gasteiger partial charge in [0.05, 0.1) is 17.3 Å². The average molecular weight is 677 g/mol. The summed E-state index contributed by atoms with van der Waals surface area (Å²) in [5.74, 6) is -6.93. The number of primary amides is 1.